The van der Waals surface area contributed by atoms with Gasteiger partial charge in [-0.1, -0.05) is 30.3 Å². The fourth-order valence-corrected chi connectivity index (χ4v) is 4.50. The van der Waals surface area contributed by atoms with Crippen molar-refractivity contribution in [3.63, 3.8) is 0 Å². The molecule has 0 amide bonds. The van der Waals surface area contributed by atoms with Crippen molar-refractivity contribution >= 4 is 10.0 Å². The number of hydrogen-bond donors (Lipinski definition) is 1. The summed E-state index contributed by atoms with van der Waals surface area (Å²) in [6, 6.07) is 13.4. The van der Waals surface area contributed by atoms with Crippen molar-refractivity contribution in [1.82, 2.24) is 4.72 Å². The van der Waals surface area contributed by atoms with Crippen molar-refractivity contribution in [2.45, 2.75) is 43.6 Å². The average Bonchev–Trinajstić information content (AvgIpc) is 2.63. The first-order valence-electron chi connectivity index (χ1n) is 8.71. The molecule has 0 fully saturated rings. The molecular formula is C20H25NO3S. The second kappa shape index (κ2) is 7.68. The number of methoxy groups -OCH3 is 1. The SMILES string of the molecule is COC(CNS(=O)(=O)c1ccc2c(c1)CCCC2)c1ccccc1C. The lowest BCUT2D eigenvalue weighted by molar-refractivity contribution is 0.107. The second-order valence-corrected chi connectivity index (χ2v) is 8.34. The summed E-state index contributed by atoms with van der Waals surface area (Å²) in [7, 11) is -1.95. The highest BCUT2D eigenvalue weighted by Crippen LogP contribution is 2.25. The van der Waals surface area contributed by atoms with E-state index in [9.17, 15) is 8.42 Å². The molecule has 1 aliphatic rings. The highest BCUT2D eigenvalue weighted by molar-refractivity contribution is 7.89. The third-order valence-electron chi connectivity index (χ3n) is 4.91. The van der Waals surface area contributed by atoms with Gasteiger partial charge in [0.15, 0.2) is 0 Å². The Balaban J connectivity index is 1.76. The predicted octanol–water partition coefficient (Wildman–Crippen LogP) is 3.54. The molecule has 1 atom stereocenters. The van der Waals surface area contributed by atoms with E-state index in [1.54, 1.807) is 13.2 Å². The maximum atomic E-state index is 12.7. The largest absolute Gasteiger partial charge is 0.375 e. The topological polar surface area (TPSA) is 55.4 Å². The van der Waals surface area contributed by atoms with Crippen LogP contribution in [-0.4, -0.2) is 22.1 Å². The Morgan fingerprint density at radius 1 is 1.08 bits per heavy atom. The molecule has 0 spiro atoms. The van der Waals surface area contributed by atoms with Gasteiger partial charge in [-0.2, -0.15) is 0 Å². The van der Waals surface area contributed by atoms with Crippen LogP contribution in [-0.2, 0) is 27.6 Å². The van der Waals surface area contributed by atoms with E-state index < -0.39 is 10.0 Å². The van der Waals surface area contributed by atoms with E-state index >= 15 is 0 Å². The molecule has 2 aromatic rings. The zero-order valence-electron chi connectivity index (χ0n) is 14.8. The molecule has 5 heteroatoms. The Labute approximate surface area is 150 Å². The first kappa shape index (κ1) is 18.1. The van der Waals surface area contributed by atoms with Crippen LogP contribution in [0, 0.1) is 6.92 Å². The Morgan fingerprint density at radius 2 is 1.80 bits per heavy atom. The lowest BCUT2D eigenvalue weighted by Gasteiger charge is -2.20. The lowest BCUT2D eigenvalue weighted by atomic mass is 9.92. The number of fused-ring (bicyclic) bond motifs is 1. The molecule has 0 heterocycles. The molecule has 1 aliphatic carbocycles. The minimum atomic E-state index is -3.55. The van der Waals surface area contributed by atoms with Crippen molar-refractivity contribution in [3.05, 3.63) is 64.7 Å². The van der Waals surface area contributed by atoms with Gasteiger partial charge in [-0.05, 0) is 67.0 Å². The Hall–Kier alpha value is -1.69. The Bertz CT molecular complexity index is 846. The van der Waals surface area contributed by atoms with Crippen LogP contribution in [0.15, 0.2) is 47.4 Å². The van der Waals surface area contributed by atoms with Crippen molar-refractivity contribution in [3.8, 4) is 0 Å². The number of nitrogens with one attached hydrogen (secondary N) is 1. The normalized spacial score (nSPS) is 15.6. The fraction of sp³-hybridized carbons (Fsp3) is 0.400. The number of rotatable bonds is 6. The molecule has 4 nitrogen and oxygen atoms in total. The van der Waals surface area contributed by atoms with Crippen LogP contribution >= 0.6 is 0 Å². The maximum Gasteiger partial charge on any atom is 0.240 e. The van der Waals surface area contributed by atoms with Gasteiger partial charge in [-0.25, -0.2) is 13.1 Å². The quantitative estimate of drug-likeness (QED) is 0.858. The number of ether oxygens (including phenoxy) is 1. The first-order chi connectivity index (χ1) is 12.0. The van der Waals surface area contributed by atoms with Crippen LogP contribution in [0.5, 0.6) is 0 Å². The summed E-state index contributed by atoms with van der Waals surface area (Å²) in [4.78, 5) is 0.341. The van der Waals surface area contributed by atoms with Gasteiger partial charge in [0.25, 0.3) is 0 Å². The molecule has 1 N–H and O–H groups in total. The van der Waals surface area contributed by atoms with E-state index in [1.165, 1.54) is 12.0 Å². The zero-order valence-corrected chi connectivity index (χ0v) is 15.6. The van der Waals surface area contributed by atoms with Crippen LogP contribution in [0.2, 0.25) is 0 Å². The number of hydrogen-bond acceptors (Lipinski definition) is 3. The molecule has 134 valence electrons. The van der Waals surface area contributed by atoms with Gasteiger partial charge in [0, 0.05) is 13.7 Å². The van der Waals surface area contributed by atoms with Crippen LogP contribution in [0.1, 0.15) is 41.2 Å². The third kappa shape index (κ3) is 4.11. The van der Waals surface area contributed by atoms with E-state index in [0.717, 1.165) is 36.0 Å². The van der Waals surface area contributed by atoms with Gasteiger partial charge in [0.2, 0.25) is 10.0 Å². The van der Waals surface area contributed by atoms with Gasteiger partial charge in [0.05, 0.1) is 11.0 Å². The fourth-order valence-electron chi connectivity index (χ4n) is 3.41. The van der Waals surface area contributed by atoms with E-state index in [1.807, 2.05) is 43.3 Å². The monoisotopic (exact) mass is 359 g/mol. The predicted molar refractivity (Wildman–Crippen MR) is 99.2 cm³/mol. The first-order valence-corrected chi connectivity index (χ1v) is 10.2. The lowest BCUT2D eigenvalue weighted by Crippen LogP contribution is -2.29. The number of aryl methyl sites for hydroxylation is 3. The van der Waals surface area contributed by atoms with Gasteiger partial charge in [-0.3, -0.25) is 0 Å². The molecule has 0 bridgehead atoms. The highest BCUT2D eigenvalue weighted by atomic mass is 32.2. The van der Waals surface area contributed by atoms with Crippen molar-refractivity contribution < 1.29 is 13.2 Å². The minimum Gasteiger partial charge on any atom is -0.375 e. The molecule has 25 heavy (non-hydrogen) atoms. The third-order valence-corrected chi connectivity index (χ3v) is 6.33. The summed E-state index contributed by atoms with van der Waals surface area (Å²) >= 11 is 0. The minimum absolute atomic E-state index is 0.209. The van der Waals surface area contributed by atoms with Gasteiger partial charge >= 0.3 is 0 Å². The average molecular weight is 359 g/mol. The van der Waals surface area contributed by atoms with E-state index in [-0.39, 0.29) is 12.6 Å². The smallest absolute Gasteiger partial charge is 0.240 e. The maximum absolute atomic E-state index is 12.7. The Kier molecular flexibility index (Phi) is 5.57. The second-order valence-electron chi connectivity index (χ2n) is 6.57. The summed E-state index contributed by atoms with van der Waals surface area (Å²) in [6.45, 7) is 2.21. The molecule has 0 saturated heterocycles. The van der Waals surface area contributed by atoms with E-state index in [4.69, 9.17) is 4.74 Å². The number of sulfonamides is 1. The standard InChI is InChI=1S/C20H25NO3S/c1-15-7-3-6-10-19(15)20(24-2)14-21-25(22,23)18-12-11-16-8-4-5-9-17(16)13-18/h3,6-7,10-13,20-21H,4-5,8-9,14H2,1-2H3. The van der Waals surface area contributed by atoms with Crippen molar-refractivity contribution in [2.75, 3.05) is 13.7 Å². The van der Waals surface area contributed by atoms with Gasteiger partial charge in [0.1, 0.15) is 0 Å². The molecule has 0 aliphatic heterocycles. The van der Waals surface area contributed by atoms with E-state index in [2.05, 4.69) is 4.72 Å². The Morgan fingerprint density at radius 3 is 2.52 bits per heavy atom. The van der Waals surface area contributed by atoms with Gasteiger partial charge in [-0.15, -0.1) is 0 Å². The van der Waals surface area contributed by atoms with Crippen molar-refractivity contribution in [1.29, 1.82) is 0 Å². The molecule has 0 aromatic heterocycles. The van der Waals surface area contributed by atoms with Crippen molar-refractivity contribution in [2.24, 2.45) is 0 Å². The summed E-state index contributed by atoms with van der Waals surface area (Å²) in [5, 5.41) is 0. The van der Waals surface area contributed by atoms with Crippen LogP contribution < -0.4 is 4.72 Å². The molecule has 0 saturated carbocycles. The summed E-state index contributed by atoms with van der Waals surface area (Å²) in [5.74, 6) is 0. The highest BCUT2D eigenvalue weighted by Gasteiger charge is 2.20. The molecule has 0 radical (unpaired) electrons. The van der Waals surface area contributed by atoms with E-state index in [0.29, 0.717) is 4.90 Å². The summed E-state index contributed by atoms with van der Waals surface area (Å²) < 4.78 is 33.6. The number of benzene rings is 2. The summed E-state index contributed by atoms with van der Waals surface area (Å²) in [5.41, 5.74) is 4.52. The molecular weight excluding hydrogens is 334 g/mol. The molecule has 1 unspecified atom stereocenters. The zero-order chi connectivity index (χ0) is 17.9. The summed E-state index contributed by atoms with van der Waals surface area (Å²) in [6.07, 6.45) is 4.00. The van der Waals surface area contributed by atoms with Crippen LogP contribution in [0.4, 0.5) is 0 Å². The molecule has 3 rings (SSSR count). The molecule has 2 aromatic carbocycles. The van der Waals surface area contributed by atoms with Gasteiger partial charge < -0.3 is 4.74 Å². The van der Waals surface area contributed by atoms with Crippen LogP contribution in [0.3, 0.4) is 0 Å². The van der Waals surface area contributed by atoms with Crippen LogP contribution in [0.25, 0.3) is 0 Å².